The van der Waals surface area contributed by atoms with E-state index in [-0.39, 0.29) is 24.5 Å². The zero-order chi connectivity index (χ0) is 19.2. The van der Waals surface area contributed by atoms with Gasteiger partial charge in [0.2, 0.25) is 5.91 Å². The third-order valence-corrected chi connectivity index (χ3v) is 4.94. The summed E-state index contributed by atoms with van der Waals surface area (Å²) in [5.41, 5.74) is 2.87. The lowest BCUT2D eigenvalue weighted by molar-refractivity contribution is -0.115. The minimum atomic E-state index is -0.347. The summed E-state index contributed by atoms with van der Waals surface area (Å²) in [4.78, 5) is 24.4. The number of anilines is 1. The molecule has 0 aliphatic heterocycles. The molecule has 3 amide bonds. The van der Waals surface area contributed by atoms with Gasteiger partial charge in [-0.05, 0) is 54.5 Å². The molecule has 142 valence electrons. The standard InChI is InChI=1S/C21H24ClN3O2/c1-2-14-5-3-4-6-18(14)24-19(26)13-23-21(27)25-20(15-7-8-15)16-9-11-17(22)12-10-16/h3-6,9-12,15,20H,2,7-8,13H2,1H3,(H,24,26)(H2,23,25,27)/t20-/m0/s1. The molecule has 1 fully saturated rings. The largest absolute Gasteiger partial charge is 0.331 e. The zero-order valence-corrected chi connectivity index (χ0v) is 16.1. The Hall–Kier alpha value is -2.53. The van der Waals surface area contributed by atoms with Gasteiger partial charge in [-0.2, -0.15) is 0 Å². The average Bonchev–Trinajstić information content (AvgIpc) is 3.51. The third kappa shape index (κ3) is 5.47. The van der Waals surface area contributed by atoms with Crippen LogP contribution in [0.4, 0.5) is 10.5 Å². The van der Waals surface area contributed by atoms with Crippen molar-refractivity contribution in [3.63, 3.8) is 0 Å². The summed E-state index contributed by atoms with van der Waals surface area (Å²) < 4.78 is 0. The molecule has 0 saturated heterocycles. The van der Waals surface area contributed by atoms with Crippen LogP contribution in [0.3, 0.4) is 0 Å². The molecule has 3 N–H and O–H groups in total. The fourth-order valence-electron chi connectivity index (χ4n) is 3.07. The molecule has 0 unspecified atom stereocenters. The lowest BCUT2D eigenvalue weighted by Gasteiger charge is -2.19. The van der Waals surface area contributed by atoms with Crippen LogP contribution in [0.25, 0.3) is 0 Å². The van der Waals surface area contributed by atoms with Gasteiger partial charge in [0.1, 0.15) is 0 Å². The lowest BCUT2D eigenvalue weighted by Crippen LogP contribution is -2.42. The van der Waals surface area contributed by atoms with Gasteiger partial charge in [-0.3, -0.25) is 4.79 Å². The second-order valence-electron chi connectivity index (χ2n) is 6.75. The number of benzene rings is 2. The molecular formula is C21H24ClN3O2. The number of urea groups is 1. The van der Waals surface area contributed by atoms with E-state index in [9.17, 15) is 9.59 Å². The summed E-state index contributed by atoms with van der Waals surface area (Å²) in [6.07, 6.45) is 3.00. The van der Waals surface area contributed by atoms with Crippen molar-refractivity contribution < 1.29 is 9.59 Å². The summed E-state index contributed by atoms with van der Waals surface area (Å²) >= 11 is 5.95. The van der Waals surface area contributed by atoms with Gasteiger partial charge in [0.15, 0.2) is 0 Å². The molecule has 1 saturated carbocycles. The van der Waals surface area contributed by atoms with Crippen molar-refractivity contribution in [3.8, 4) is 0 Å². The molecule has 2 aromatic carbocycles. The number of carbonyl (C=O) groups excluding carboxylic acids is 2. The van der Waals surface area contributed by atoms with Gasteiger partial charge in [0.25, 0.3) is 0 Å². The monoisotopic (exact) mass is 385 g/mol. The van der Waals surface area contributed by atoms with E-state index in [2.05, 4.69) is 16.0 Å². The van der Waals surface area contributed by atoms with E-state index in [0.717, 1.165) is 36.1 Å². The Kier molecular flexibility index (Phi) is 6.35. The summed E-state index contributed by atoms with van der Waals surface area (Å²) in [6, 6.07) is 14.8. The molecule has 0 aromatic heterocycles. The first-order valence-electron chi connectivity index (χ1n) is 9.24. The van der Waals surface area contributed by atoms with Crippen LogP contribution < -0.4 is 16.0 Å². The lowest BCUT2D eigenvalue weighted by atomic mass is 10.0. The number of rotatable bonds is 7. The first kappa shape index (κ1) is 19.2. The van der Waals surface area contributed by atoms with Crippen LogP contribution in [0.15, 0.2) is 48.5 Å². The van der Waals surface area contributed by atoms with E-state index < -0.39 is 0 Å². The Labute approximate surface area is 164 Å². The first-order chi connectivity index (χ1) is 13.1. The number of aryl methyl sites for hydroxylation is 1. The van der Waals surface area contributed by atoms with Crippen molar-refractivity contribution in [1.82, 2.24) is 10.6 Å². The van der Waals surface area contributed by atoms with Crippen molar-refractivity contribution in [2.24, 2.45) is 5.92 Å². The summed E-state index contributed by atoms with van der Waals surface area (Å²) in [5.74, 6) is 0.183. The summed E-state index contributed by atoms with van der Waals surface area (Å²) in [6.45, 7) is 1.95. The molecule has 0 radical (unpaired) electrons. The maximum atomic E-state index is 12.3. The van der Waals surface area contributed by atoms with Gasteiger partial charge in [0.05, 0.1) is 12.6 Å². The number of nitrogens with one attached hydrogen (secondary N) is 3. The van der Waals surface area contributed by atoms with Crippen LogP contribution in [0.1, 0.15) is 36.9 Å². The summed E-state index contributed by atoms with van der Waals surface area (Å²) in [5, 5.41) is 9.15. The number of amides is 3. The molecule has 5 nitrogen and oxygen atoms in total. The van der Waals surface area contributed by atoms with Gasteiger partial charge >= 0.3 is 6.03 Å². The predicted octanol–water partition coefficient (Wildman–Crippen LogP) is 4.29. The normalized spacial score (nSPS) is 14.3. The van der Waals surface area contributed by atoms with E-state index >= 15 is 0 Å². The van der Waals surface area contributed by atoms with Gasteiger partial charge < -0.3 is 16.0 Å². The van der Waals surface area contributed by atoms with Gasteiger partial charge in [-0.25, -0.2) is 4.79 Å². The molecule has 1 aliphatic rings. The van der Waals surface area contributed by atoms with Gasteiger partial charge in [-0.1, -0.05) is 48.9 Å². The molecule has 0 heterocycles. The molecule has 1 atom stereocenters. The van der Waals surface area contributed by atoms with E-state index in [0.29, 0.717) is 10.9 Å². The Balaban J connectivity index is 1.52. The topological polar surface area (TPSA) is 70.2 Å². The highest BCUT2D eigenvalue weighted by molar-refractivity contribution is 6.30. The highest BCUT2D eigenvalue weighted by Crippen LogP contribution is 2.41. The predicted molar refractivity (Wildman–Crippen MR) is 108 cm³/mol. The van der Waals surface area contributed by atoms with E-state index in [4.69, 9.17) is 11.6 Å². The van der Waals surface area contributed by atoms with Crippen molar-refractivity contribution in [2.75, 3.05) is 11.9 Å². The van der Waals surface area contributed by atoms with Crippen LogP contribution >= 0.6 is 11.6 Å². The Morgan fingerprint density at radius 3 is 2.48 bits per heavy atom. The maximum Gasteiger partial charge on any atom is 0.315 e. The van der Waals surface area contributed by atoms with E-state index in [1.165, 1.54) is 0 Å². The molecule has 0 bridgehead atoms. The second kappa shape index (κ2) is 8.91. The maximum absolute atomic E-state index is 12.3. The first-order valence-corrected chi connectivity index (χ1v) is 9.62. The van der Waals surface area contributed by atoms with Crippen LogP contribution in [0.5, 0.6) is 0 Å². The van der Waals surface area contributed by atoms with Crippen LogP contribution in [0.2, 0.25) is 5.02 Å². The highest BCUT2D eigenvalue weighted by Gasteiger charge is 2.33. The number of hydrogen-bond donors (Lipinski definition) is 3. The van der Waals surface area contributed by atoms with Crippen molar-refractivity contribution in [2.45, 2.75) is 32.2 Å². The van der Waals surface area contributed by atoms with E-state index in [1.807, 2.05) is 55.5 Å². The second-order valence-corrected chi connectivity index (χ2v) is 7.19. The van der Waals surface area contributed by atoms with Crippen LogP contribution in [-0.4, -0.2) is 18.5 Å². The minimum Gasteiger partial charge on any atom is -0.331 e. The zero-order valence-electron chi connectivity index (χ0n) is 15.3. The minimum absolute atomic E-state index is 0.0638. The number of hydrogen-bond acceptors (Lipinski definition) is 2. The Morgan fingerprint density at radius 2 is 1.81 bits per heavy atom. The van der Waals surface area contributed by atoms with Crippen molar-refractivity contribution in [1.29, 1.82) is 0 Å². The average molecular weight is 386 g/mol. The smallest absolute Gasteiger partial charge is 0.315 e. The molecule has 1 aliphatic carbocycles. The van der Waals surface area contributed by atoms with Crippen LogP contribution in [0, 0.1) is 5.92 Å². The number of halogens is 1. The Morgan fingerprint density at radius 1 is 1.11 bits per heavy atom. The molecular weight excluding hydrogens is 362 g/mol. The fourth-order valence-corrected chi connectivity index (χ4v) is 3.20. The molecule has 3 rings (SSSR count). The third-order valence-electron chi connectivity index (χ3n) is 4.69. The number of para-hydroxylation sites is 1. The summed E-state index contributed by atoms with van der Waals surface area (Å²) in [7, 11) is 0. The fraction of sp³-hybridized carbons (Fsp3) is 0.333. The van der Waals surface area contributed by atoms with Gasteiger partial charge in [0, 0.05) is 10.7 Å². The molecule has 0 spiro atoms. The van der Waals surface area contributed by atoms with E-state index in [1.54, 1.807) is 0 Å². The quantitative estimate of drug-likeness (QED) is 0.665. The molecule has 6 heteroatoms. The Bertz CT molecular complexity index is 803. The van der Waals surface area contributed by atoms with Crippen LogP contribution in [-0.2, 0) is 11.2 Å². The molecule has 2 aromatic rings. The molecule has 27 heavy (non-hydrogen) atoms. The van der Waals surface area contributed by atoms with Crippen molar-refractivity contribution >= 4 is 29.2 Å². The highest BCUT2D eigenvalue weighted by atomic mass is 35.5. The SMILES string of the molecule is CCc1ccccc1NC(=O)CNC(=O)N[C@H](c1ccc(Cl)cc1)C1CC1. The van der Waals surface area contributed by atoms with Gasteiger partial charge in [-0.15, -0.1) is 0 Å². The number of carbonyl (C=O) groups is 2. The van der Waals surface area contributed by atoms with Crippen molar-refractivity contribution in [3.05, 3.63) is 64.7 Å².